The fourth-order valence-electron chi connectivity index (χ4n) is 4.29. The molecule has 0 saturated carbocycles. The lowest BCUT2D eigenvalue weighted by molar-refractivity contribution is 0.0704. The summed E-state index contributed by atoms with van der Waals surface area (Å²) in [5, 5.41) is 15.1. The number of anilines is 2. The molecule has 2 atom stereocenters. The second-order valence-electron chi connectivity index (χ2n) is 8.02. The molecule has 8 nitrogen and oxygen atoms in total. The van der Waals surface area contributed by atoms with Crippen molar-refractivity contribution in [2.75, 3.05) is 50.0 Å². The van der Waals surface area contributed by atoms with E-state index >= 15 is 0 Å². The highest BCUT2D eigenvalue weighted by molar-refractivity contribution is 7.11. The van der Waals surface area contributed by atoms with Crippen LogP contribution in [0.15, 0.2) is 29.5 Å². The van der Waals surface area contributed by atoms with Gasteiger partial charge in [0.15, 0.2) is 5.84 Å². The van der Waals surface area contributed by atoms with E-state index in [-0.39, 0.29) is 10.8 Å². The van der Waals surface area contributed by atoms with Crippen molar-refractivity contribution >= 4 is 28.5 Å². The van der Waals surface area contributed by atoms with Crippen molar-refractivity contribution in [1.82, 2.24) is 9.88 Å². The van der Waals surface area contributed by atoms with Crippen molar-refractivity contribution in [2.24, 2.45) is 16.9 Å². The number of aromatic nitrogens is 1. The molecule has 0 spiro atoms. The van der Waals surface area contributed by atoms with Gasteiger partial charge in [-0.25, -0.2) is 13.8 Å². The summed E-state index contributed by atoms with van der Waals surface area (Å²) in [6.07, 6.45) is -0.812. The number of hydrogen-bond donors (Lipinski definition) is 3. The third-order valence-corrected chi connectivity index (χ3v) is 7.06. The zero-order valence-corrected chi connectivity index (χ0v) is 18.5. The number of rotatable bonds is 5. The first-order valence-electron chi connectivity index (χ1n) is 10.6. The highest BCUT2D eigenvalue weighted by Gasteiger charge is 2.31. The Morgan fingerprint density at radius 3 is 2.72 bits per heavy atom. The second kappa shape index (κ2) is 9.97. The third-order valence-electron chi connectivity index (χ3n) is 5.99. The number of piperidine rings is 1. The number of thiazole rings is 1. The molecule has 0 amide bonds. The van der Waals surface area contributed by atoms with Crippen LogP contribution in [-0.2, 0) is 4.74 Å². The second-order valence-corrected chi connectivity index (χ2v) is 9.11. The minimum atomic E-state index is -2.59. The number of hydrazone groups is 1. The predicted octanol–water partition coefficient (Wildman–Crippen LogP) is 2.57. The van der Waals surface area contributed by atoms with Gasteiger partial charge in [0, 0.05) is 55.2 Å². The molecule has 2 aliphatic heterocycles. The van der Waals surface area contributed by atoms with E-state index in [1.54, 1.807) is 0 Å². The molecular formula is C21H28F2N6O2S. The molecule has 4 rings (SSSR count). The van der Waals surface area contributed by atoms with Crippen LogP contribution in [0.3, 0.4) is 0 Å². The van der Waals surface area contributed by atoms with E-state index in [1.807, 2.05) is 23.1 Å². The molecule has 3 heterocycles. The number of likely N-dealkylation sites (tertiary alicyclic amines) is 1. The number of aliphatic hydroxyl groups is 1. The molecule has 2 saturated heterocycles. The lowest BCUT2D eigenvalue weighted by atomic mass is 9.92. The van der Waals surface area contributed by atoms with Crippen LogP contribution in [0.1, 0.15) is 40.8 Å². The molecule has 0 aliphatic carbocycles. The number of ether oxygens (including phenoxy) is 1. The topological polar surface area (TPSA) is 113 Å². The maximum atomic E-state index is 12.9. The Labute approximate surface area is 189 Å². The largest absolute Gasteiger partial charge is 0.398 e. The van der Waals surface area contributed by atoms with Crippen LogP contribution in [0.4, 0.5) is 20.2 Å². The average molecular weight is 467 g/mol. The number of amidine groups is 1. The molecule has 0 bridgehead atoms. The van der Waals surface area contributed by atoms with Crippen LogP contribution in [0.5, 0.6) is 0 Å². The number of aliphatic hydroxyl groups excluding tert-OH is 1. The molecule has 2 fully saturated rings. The summed E-state index contributed by atoms with van der Waals surface area (Å²) >= 11 is 0.854. The summed E-state index contributed by atoms with van der Waals surface area (Å²) in [5.74, 6) is 6.14. The van der Waals surface area contributed by atoms with Crippen molar-refractivity contribution in [3.63, 3.8) is 0 Å². The fraction of sp³-hybridized carbons (Fsp3) is 0.524. The van der Waals surface area contributed by atoms with E-state index in [4.69, 9.17) is 16.3 Å². The Morgan fingerprint density at radius 2 is 2.06 bits per heavy atom. The summed E-state index contributed by atoms with van der Waals surface area (Å²) < 4.78 is 31.2. The number of nitrogen functional groups attached to an aromatic ring is 1. The number of hydrogen-bond acceptors (Lipinski definition) is 8. The van der Waals surface area contributed by atoms with Crippen molar-refractivity contribution in [3.05, 3.63) is 39.8 Å². The summed E-state index contributed by atoms with van der Waals surface area (Å²) in [6.45, 7) is 4.19. The maximum absolute atomic E-state index is 12.9. The number of halogens is 2. The highest BCUT2D eigenvalue weighted by atomic mass is 32.1. The van der Waals surface area contributed by atoms with Gasteiger partial charge in [-0.15, -0.1) is 11.3 Å². The Morgan fingerprint density at radius 1 is 1.28 bits per heavy atom. The number of nitrogens with two attached hydrogens (primary N) is 2. The van der Waals surface area contributed by atoms with Crippen LogP contribution in [0.25, 0.3) is 0 Å². The van der Waals surface area contributed by atoms with E-state index in [2.05, 4.69) is 15.0 Å². The summed E-state index contributed by atoms with van der Waals surface area (Å²) in [7, 11) is 0. The zero-order valence-electron chi connectivity index (χ0n) is 17.7. The smallest absolute Gasteiger partial charge is 0.274 e. The first-order valence-corrected chi connectivity index (χ1v) is 11.5. The maximum Gasteiger partial charge on any atom is 0.274 e. The van der Waals surface area contributed by atoms with Gasteiger partial charge in [0.25, 0.3) is 6.43 Å². The normalized spacial score (nSPS) is 21.2. The van der Waals surface area contributed by atoms with E-state index in [0.29, 0.717) is 42.8 Å². The fourth-order valence-corrected chi connectivity index (χ4v) is 5.15. The van der Waals surface area contributed by atoms with Crippen molar-refractivity contribution in [3.8, 4) is 0 Å². The first-order chi connectivity index (χ1) is 15.5. The average Bonchev–Trinajstić information content (AvgIpc) is 3.32. The molecule has 2 unspecified atom stereocenters. The number of nitrogens with zero attached hydrogens (tertiary/aromatic N) is 4. The van der Waals surface area contributed by atoms with Gasteiger partial charge in [-0.1, -0.05) is 0 Å². The first kappa shape index (κ1) is 22.7. The summed E-state index contributed by atoms with van der Waals surface area (Å²) in [5.41, 5.74) is 8.70. The van der Waals surface area contributed by atoms with E-state index in [1.165, 1.54) is 0 Å². The molecule has 2 aliphatic rings. The van der Waals surface area contributed by atoms with Gasteiger partial charge in [-0.05, 0) is 31.0 Å². The van der Waals surface area contributed by atoms with Crippen LogP contribution in [-0.4, -0.2) is 60.2 Å². The molecule has 1 aromatic carbocycles. The highest BCUT2D eigenvalue weighted by Crippen LogP contribution is 2.35. The Balaban J connectivity index is 1.49. The number of benzene rings is 1. The van der Waals surface area contributed by atoms with Gasteiger partial charge in [0.2, 0.25) is 0 Å². The van der Waals surface area contributed by atoms with Gasteiger partial charge in [0.1, 0.15) is 11.1 Å². The van der Waals surface area contributed by atoms with Gasteiger partial charge in [-0.2, -0.15) is 5.10 Å². The Hall–Kier alpha value is -2.50. The van der Waals surface area contributed by atoms with Gasteiger partial charge >= 0.3 is 0 Å². The Kier molecular flexibility index (Phi) is 7.07. The molecular weight excluding hydrogens is 438 g/mol. The predicted molar refractivity (Wildman–Crippen MR) is 121 cm³/mol. The molecule has 32 heavy (non-hydrogen) atoms. The molecule has 11 heteroatoms. The quantitative estimate of drug-likeness (QED) is 0.204. The monoisotopic (exact) mass is 466 g/mol. The number of alkyl halides is 2. The van der Waals surface area contributed by atoms with Crippen molar-refractivity contribution in [2.45, 2.75) is 25.4 Å². The minimum absolute atomic E-state index is 0.135. The lowest BCUT2D eigenvalue weighted by Gasteiger charge is -2.36. The van der Waals surface area contributed by atoms with Gasteiger partial charge in [0.05, 0.1) is 18.1 Å². The molecule has 0 radical (unpaired) electrons. The minimum Gasteiger partial charge on any atom is -0.398 e. The van der Waals surface area contributed by atoms with Gasteiger partial charge < -0.3 is 31.2 Å². The van der Waals surface area contributed by atoms with E-state index in [9.17, 15) is 13.9 Å². The van der Waals surface area contributed by atoms with Crippen LogP contribution in [0, 0.1) is 5.92 Å². The van der Waals surface area contributed by atoms with Crippen molar-refractivity contribution < 1.29 is 18.6 Å². The van der Waals surface area contributed by atoms with Crippen molar-refractivity contribution in [1.29, 1.82) is 0 Å². The number of morpholine rings is 1. The van der Waals surface area contributed by atoms with E-state index in [0.717, 1.165) is 54.7 Å². The standard InChI is InChI=1S/C21H28F2N6O2S/c22-19(23)17-11-26-21(32-17)18(30)13-2-1-5-29(12-13)20(27-25)15-4-3-14(10-16(15)24)28-6-8-31-9-7-28/h3-4,10-11,13,18-19,30H,1-2,5-9,12,24-25H2/b27-20+. The summed E-state index contributed by atoms with van der Waals surface area (Å²) in [6, 6.07) is 5.84. The molecule has 5 N–H and O–H groups in total. The van der Waals surface area contributed by atoms with Crippen LogP contribution < -0.4 is 16.5 Å². The van der Waals surface area contributed by atoms with Gasteiger partial charge in [-0.3, -0.25) is 0 Å². The summed E-state index contributed by atoms with van der Waals surface area (Å²) in [4.78, 5) is 8.09. The SMILES string of the molecule is N/N=C(\c1ccc(N2CCOCC2)cc1N)N1CCCC(C(O)c2ncc(C(F)F)s2)C1. The van der Waals surface area contributed by atoms with Crippen LogP contribution >= 0.6 is 11.3 Å². The molecule has 1 aromatic heterocycles. The third kappa shape index (κ3) is 4.79. The lowest BCUT2D eigenvalue weighted by Crippen LogP contribution is -2.43. The molecule has 174 valence electrons. The van der Waals surface area contributed by atoms with E-state index < -0.39 is 12.5 Å². The molecule has 2 aromatic rings. The zero-order chi connectivity index (χ0) is 22.7. The Bertz CT molecular complexity index is 950. The van der Waals surface area contributed by atoms with Crippen LogP contribution in [0.2, 0.25) is 0 Å².